The SMILES string of the molecule is CS(=O)(=O)c1cn[nH]c1C[C@H]1CCCN(C(=O)c2cccs2)C1. The molecule has 0 unspecified atom stereocenters. The molecule has 0 aliphatic carbocycles. The first kappa shape index (κ1) is 16.2. The van der Waals surface area contributed by atoms with Gasteiger partial charge < -0.3 is 4.90 Å². The Labute approximate surface area is 139 Å². The summed E-state index contributed by atoms with van der Waals surface area (Å²) in [5.41, 5.74) is 0.642. The number of likely N-dealkylation sites (tertiary alicyclic amines) is 1. The lowest BCUT2D eigenvalue weighted by molar-refractivity contribution is 0.0677. The van der Waals surface area contributed by atoms with Gasteiger partial charge in [0.05, 0.1) is 16.8 Å². The van der Waals surface area contributed by atoms with Crippen molar-refractivity contribution in [2.24, 2.45) is 5.92 Å². The number of sulfone groups is 1. The Bertz CT molecular complexity index is 781. The highest BCUT2D eigenvalue weighted by atomic mass is 32.2. The minimum absolute atomic E-state index is 0.0673. The van der Waals surface area contributed by atoms with Crippen LogP contribution in [0.4, 0.5) is 0 Å². The van der Waals surface area contributed by atoms with Crippen molar-refractivity contribution < 1.29 is 13.2 Å². The van der Waals surface area contributed by atoms with Crippen LogP contribution in [0.5, 0.6) is 0 Å². The molecule has 3 heterocycles. The summed E-state index contributed by atoms with van der Waals surface area (Å²) in [6, 6.07) is 3.72. The van der Waals surface area contributed by atoms with Crippen LogP contribution in [-0.4, -0.2) is 48.8 Å². The van der Waals surface area contributed by atoms with Crippen molar-refractivity contribution >= 4 is 27.1 Å². The van der Waals surface area contributed by atoms with E-state index in [1.807, 2.05) is 22.4 Å². The molecule has 1 aliphatic heterocycles. The van der Waals surface area contributed by atoms with Crippen LogP contribution in [0.3, 0.4) is 0 Å². The molecule has 3 rings (SSSR count). The summed E-state index contributed by atoms with van der Waals surface area (Å²) in [4.78, 5) is 15.3. The highest BCUT2D eigenvalue weighted by Crippen LogP contribution is 2.25. The lowest BCUT2D eigenvalue weighted by Gasteiger charge is -2.32. The molecule has 1 fully saturated rings. The van der Waals surface area contributed by atoms with E-state index in [0.717, 1.165) is 24.3 Å². The molecule has 8 heteroatoms. The molecule has 1 N–H and O–H groups in total. The Balaban J connectivity index is 1.70. The monoisotopic (exact) mass is 353 g/mol. The van der Waals surface area contributed by atoms with E-state index in [1.165, 1.54) is 23.8 Å². The van der Waals surface area contributed by atoms with Crippen molar-refractivity contribution in [2.45, 2.75) is 24.2 Å². The maximum atomic E-state index is 12.5. The number of rotatable bonds is 4. The first-order valence-electron chi connectivity index (χ1n) is 7.50. The van der Waals surface area contributed by atoms with Gasteiger partial charge in [0.2, 0.25) is 0 Å². The van der Waals surface area contributed by atoms with E-state index in [9.17, 15) is 13.2 Å². The number of aromatic nitrogens is 2. The molecule has 2 aromatic rings. The number of carbonyl (C=O) groups is 1. The number of amides is 1. The van der Waals surface area contributed by atoms with Crippen molar-refractivity contribution in [2.75, 3.05) is 19.3 Å². The fourth-order valence-electron chi connectivity index (χ4n) is 3.03. The summed E-state index contributed by atoms with van der Waals surface area (Å²) in [6.45, 7) is 1.41. The van der Waals surface area contributed by atoms with Crippen molar-refractivity contribution in [3.63, 3.8) is 0 Å². The lowest BCUT2D eigenvalue weighted by atomic mass is 9.93. The van der Waals surface area contributed by atoms with Gasteiger partial charge in [-0.05, 0) is 36.6 Å². The summed E-state index contributed by atoms with van der Waals surface area (Å²) in [5, 5.41) is 8.57. The average Bonchev–Trinajstić information content (AvgIpc) is 3.17. The van der Waals surface area contributed by atoms with Crippen molar-refractivity contribution in [1.82, 2.24) is 15.1 Å². The predicted octanol–water partition coefficient (Wildman–Crippen LogP) is 1.97. The first-order chi connectivity index (χ1) is 10.9. The second-order valence-corrected chi connectivity index (χ2v) is 8.86. The van der Waals surface area contributed by atoms with Crippen LogP contribution in [0.25, 0.3) is 0 Å². The van der Waals surface area contributed by atoms with Gasteiger partial charge in [-0.25, -0.2) is 8.42 Å². The van der Waals surface area contributed by atoms with Crippen LogP contribution in [-0.2, 0) is 16.3 Å². The van der Waals surface area contributed by atoms with E-state index >= 15 is 0 Å². The summed E-state index contributed by atoms with van der Waals surface area (Å²) in [5.74, 6) is 0.311. The Morgan fingerprint density at radius 3 is 3.04 bits per heavy atom. The molecule has 0 saturated carbocycles. The van der Waals surface area contributed by atoms with Gasteiger partial charge in [0.25, 0.3) is 5.91 Å². The van der Waals surface area contributed by atoms with Gasteiger partial charge in [-0.1, -0.05) is 6.07 Å². The Kier molecular flexibility index (Phi) is 4.54. The quantitative estimate of drug-likeness (QED) is 0.911. The van der Waals surface area contributed by atoms with Gasteiger partial charge in [-0.2, -0.15) is 5.10 Å². The van der Waals surface area contributed by atoms with Crippen LogP contribution >= 0.6 is 11.3 Å². The zero-order valence-corrected chi connectivity index (χ0v) is 14.5. The number of aromatic amines is 1. The maximum Gasteiger partial charge on any atom is 0.263 e. The van der Waals surface area contributed by atoms with E-state index in [2.05, 4.69) is 10.2 Å². The van der Waals surface area contributed by atoms with E-state index < -0.39 is 9.84 Å². The van der Waals surface area contributed by atoms with Gasteiger partial charge in [-0.3, -0.25) is 9.89 Å². The molecule has 1 aliphatic rings. The normalized spacial score (nSPS) is 19.0. The number of nitrogens with zero attached hydrogens (tertiary/aromatic N) is 2. The average molecular weight is 353 g/mol. The third-order valence-electron chi connectivity index (χ3n) is 4.11. The van der Waals surface area contributed by atoms with Crippen LogP contribution < -0.4 is 0 Å². The van der Waals surface area contributed by atoms with E-state index in [1.54, 1.807) is 0 Å². The summed E-state index contributed by atoms with van der Waals surface area (Å²) >= 11 is 1.45. The fraction of sp³-hybridized carbons (Fsp3) is 0.467. The van der Waals surface area contributed by atoms with Crippen molar-refractivity contribution in [3.05, 3.63) is 34.3 Å². The Morgan fingerprint density at radius 2 is 2.35 bits per heavy atom. The standard InChI is InChI=1S/C15H19N3O3S2/c1-23(20,21)14-9-16-17-12(14)8-11-4-2-6-18(10-11)15(19)13-5-3-7-22-13/h3,5,7,9,11H,2,4,6,8,10H2,1H3,(H,16,17)/t11-/m1/s1. The van der Waals surface area contributed by atoms with Crippen molar-refractivity contribution in [3.8, 4) is 0 Å². The van der Waals surface area contributed by atoms with Crippen LogP contribution in [0.2, 0.25) is 0 Å². The largest absolute Gasteiger partial charge is 0.338 e. The zero-order chi connectivity index (χ0) is 16.4. The summed E-state index contributed by atoms with van der Waals surface area (Å²) < 4.78 is 23.5. The second-order valence-electron chi connectivity index (χ2n) is 5.93. The summed E-state index contributed by atoms with van der Waals surface area (Å²) in [7, 11) is -3.28. The zero-order valence-electron chi connectivity index (χ0n) is 12.9. The van der Waals surface area contributed by atoms with Crippen LogP contribution in [0, 0.1) is 5.92 Å². The maximum absolute atomic E-state index is 12.5. The molecule has 0 aromatic carbocycles. The molecule has 124 valence electrons. The molecule has 6 nitrogen and oxygen atoms in total. The third-order valence-corrected chi connectivity index (χ3v) is 6.12. The molecule has 1 amide bonds. The Morgan fingerprint density at radius 1 is 1.52 bits per heavy atom. The number of piperidine rings is 1. The minimum Gasteiger partial charge on any atom is -0.338 e. The topological polar surface area (TPSA) is 83.1 Å². The number of H-pyrrole nitrogens is 1. The van der Waals surface area contributed by atoms with Gasteiger partial charge in [-0.15, -0.1) is 11.3 Å². The third kappa shape index (κ3) is 3.64. The molecule has 0 spiro atoms. The highest BCUT2D eigenvalue weighted by molar-refractivity contribution is 7.90. The lowest BCUT2D eigenvalue weighted by Crippen LogP contribution is -2.40. The summed E-state index contributed by atoms with van der Waals surface area (Å²) in [6.07, 6.45) is 5.06. The first-order valence-corrected chi connectivity index (χ1v) is 10.3. The number of hydrogen-bond donors (Lipinski definition) is 1. The van der Waals surface area contributed by atoms with Gasteiger partial charge in [0.15, 0.2) is 9.84 Å². The Hall–Kier alpha value is -1.67. The van der Waals surface area contributed by atoms with Gasteiger partial charge in [0.1, 0.15) is 4.90 Å². The smallest absolute Gasteiger partial charge is 0.263 e. The molecule has 1 atom stereocenters. The number of thiophene rings is 1. The minimum atomic E-state index is -3.28. The number of nitrogens with one attached hydrogen (secondary N) is 1. The van der Waals surface area contributed by atoms with Gasteiger partial charge in [0, 0.05) is 19.3 Å². The van der Waals surface area contributed by atoms with E-state index in [-0.39, 0.29) is 16.7 Å². The predicted molar refractivity (Wildman–Crippen MR) is 88.3 cm³/mol. The fourth-order valence-corrected chi connectivity index (χ4v) is 4.54. The van der Waals surface area contributed by atoms with E-state index in [0.29, 0.717) is 18.7 Å². The van der Waals surface area contributed by atoms with E-state index in [4.69, 9.17) is 0 Å². The molecule has 23 heavy (non-hydrogen) atoms. The highest BCUT2D eigenvalue weighted by Gasteiger charge is 2.27. The van der Waals surface area contributed by atoms with Crippen LogP contribution in [0.1, 0.15) is 28.2 Å². The molecule has 1 saturated heterocycles. The molecule has 2 aromatic heterocycles. The molecular weight excluding hydrogens is 334 g/mol. The molecular formula is C15H19N3O3S2. The van der Waals surface area contributed by atoms with Crippen molar-refractivity contribution in [1.29, 1.82) is 0 Å². The second kappa shape index (κ2) is 6.45. The number of carbonyl (C=O) groups excluding carboxylic acids is 1. The molecule has 0 bridgehead atoms. The van der Waals surface area contributed by atoms with Gasteiger partial charge >= 0.3 is 0 Å². The number of hydrogen-bond acceptors (Lipinski definition) is 5. The van der Waals surface area contributed by atoms with Crippen LogP contribution in [0.15, 0.2) is 28.6 Å². The molecule has 0 radical (unpaired) electrons.